The molecule has 0 saturated carbocycles. The normalized spacial score (nSPS) is 12.1. The molecule has 0 amide bonds. The zero-order chi connectivity index (χ0) is 22.9. The highest BCUT2D eigenvalue weighted by atomic mass is 28.4. The minimum Gasteiger partial charge on any atom is -0.412 e. The standard InChI is InChI=1S/C29H38O2Si/c1-5-20-30-23-29(21-26-15-8-6-9-16-26,22-27-17-10-7-11-18-27)24-31-32(3,4)28-19-13-12-14-25(28)2/h6-19H,5,20-24H2,1-4H3. The fraction of sp³-hybridized carbons (Fsp3) is 0.379. The first-order valence-electron chi connectivity index (χ1n) is 11.8. The Labute approximate surface area is 195 Å². The number of hydrogen-bond donors (Lipinski definition) is 0. The van der Waals surface area contributed by atoms with E-state index in [1.165, 1.54) is 21.9 Å². The van der Waals surface area contributed by atoms with E-state index in [9.17, 15) is 0 Å². The summed E-state index contributed by atoms with van der Waals surface area (Å²) < 4.78 is 13.1. The van der Waals surface area contributed by atoms with Gasteiger partial charge in [0.15, 0.2) is 0 Å². The molecule has 0 atom stereocenters. The van der Waals surface area contributed by atoms with Gasteiger partial charge in [-0.2, -0.15) is 0 Å². The van der Waals surface area contributed by atoms with E-state index >= 15 is 0 Å². The van der Waals surface area contributed by atoms with E-state index < -0.39 is 8.32 Å². The Bertz CT molecular complexity index is 896. The van der Waals surface area contributed by atoms with E-state index in [2.05, 4.69) is 112 Å². The zero-order valence-corrected chi connectivity index (χ0v) is 21.1. The highest BCUT2D eigenvalue weighted by Crippen LogP contribution is 2.31. The van der Waals surface area contributed by atoms with Crippen LogP contribution in [0.15, 0.2) is 84.9 Å². The molecule has 0 radical (unpaired) electrons. The van der Waals surface area contributed by atoms with Crippen molar-refractivity contribution in [2.75, 3.05) is 19.8 Å². The number of aryl methyl sites for hydroxylation is 1. The molecular formula is C29H38O2Si. The molecule has 0 aliphatic rings. The molecule has 0 heterocycles. The first kappa shape index (κ1) is 24.4. The lowest BCUT2D eigenvalue weighted by Crippen LogP contribution is -2.50. The summed E-state index contributed by atoms with van der Waals surface area (Å²) in [6, 6.07) is 30.3. The van der Waals surface area contributed by atoms with Crippen molar-refractivity contribution in [2.45, 2.75) is 46.2 Å². The number of rotatable bonds is 12. The lowest BCUT2D eigenvalue weighted by Gasteiger charge is -2.37. The van der Waals surface area contributed by atoms with Crippen LogP contribution in [0.4, 0.5) is 0 Å². The Morgan fingerprint density at radius 1 is 0.719 bits per heavy atom. The van der Waals surface area contributed by atoms with Crippen LogP contribution in [-0.2, 0) is 22.0 Å². The second kappa shape index (κ2) is 11.6. The molecule has 170 valence electrons. The molecule has 0 saturated heterocycles. The van der Waals surface area contributed by atoms with Gasteiger partial charge in [-0.05, 0) is 61.2 Å². The monoisotopic (exact) mass is 446 g/mol. The third-order valence-electron chi connectivity index (χ3n) is 6.13. The van der Waals surface area contributed by atoms with Crippen molar-refractivity contribution >= 4 is 13.5 Å². The van der Waals surface area contributed by atoms with Crippen LogP contribution in [0, 0.1) is 12.3 Å². The first-order chi connectivity index (χ1) is 15.4. The second-order valence-electron chi connectivity index (χ2n) is 9.49. The van der Waals surface area contributed by atoms with Crippen molar-refractivity contribution < 1.29 is 9.16 Å². The van der Waals surface area contributed by atoms with E-state index in [1.807, 2.05) is 0 Å². The Kier molecular flexibility index (Phi) is 8.86. The third kappa shape index (κ3) is 6.90. The average Bonchev–Trinajstić information content (AvgIpc) is 2.80. The molecule has 3 rings (SSSR count). The van der Waals surface area contributed by atoms with Crippen LogP contribution in [0.3, 0.4) is 0 Å². The highest BCUT2D eigenvalue weighted by molar-refractivity contribution is 6.84. The van der Waals surface area contributed by atoms with Crippen molar-refractivity contribution in [3.8, 4) is 0 Å². The molecule has 3 aromatic carbocycles. The summed E-state index contributed by atoms with van der Waals surface area (Å²) in [4.78, 5) is 0. The minimum atomic E-state index is -2.07. The van der Waals surface area contributed by atoms with Crippen molar-refractivity contribution in [2.24, 2.45) is 5.41 Å². The van der Waals surface area contributed by atoms with Gasteiger partial charge in [0.05, 0.1) is 6.61 Å². The predicted molar refractivity (Wildman–Crippen MR) is 138 cm³/mol. The Morgan fingerprint density at radius 3 is 1.78 bits per heavy atom. The van der Waals surface area contributed by atoms with Gasteiger partial charge in [0, 0.05) is 18.6 Å². The average molecular weight is 447 g/mol. The molecule has 0 fully saturated rings. The molecule has 3 heteroatoms. The lowest BCUT2D eigenvalue weighted by atomic mass is 9.78. The van der Waals surface area contributed by atoms with Crippen LogP contribution in [0.2, 0.25) is 13.1 Å². The quantitative estimate of drug-likeness (QED) is 0.239. The highest BCUT2D eigenvalue weighted by Gasteiger charge is 2.36. The summed E-state index contributed by atoms with van der Waals surface area (Å²) in [7, 11) is -2.07. The van der Waals surface area contributed by atoms with Crippen LogP contribution >= 0.6 is 0 Å². The Balaban J connectivity index is 1.91. The van der Waals surface area contributed by atoms with E-state index in [0.717, 1.165) is 25.9 Å². The fourth-order valence-electron chi connectivity index (χ4n) is 4.46. The van der Waals surface area contributed by atoms with Crippen LogP contribution < -0.4 is 5.19 Å². The molecule has 0 bridgehead atoms. The molecule has 0 N–H and O–H groups in total. The van der Waals surface area contributed by atoms with Crippen LogP contribution in [-0.4, -0.2) is 28.1 Å². The predicted octanol–water partition coefficient (Wildman–Crippen LogP) is 6.32. The van der Waals surface area contributed by atoms with Crippen molar-refractivity contribution in [1.82, 2.24) is 0 Å². The molecule has 2 nitrogen and oxygen atoms in total. The van der Waals surface area contributed by atoms with Crippen molar-refractivity contribution in [3.05, 3.63) is 102 Å². The maximum Gasteiger partial charge on any atom is 0.218 e. The van der Waals surface area contributed by atoms with Crippen molar-refractivity contribution in [1.29, 1.82) is 0 Å². The Hall–Kier alpha value is -2.20. The van der Waals surface area contributed by atoms with Crippen LogP contribution in [0.25, 0.3) is 0 Å². The van der Waals surface area contributed by atoms with E-state index in [4.69, 9.17) is 9.16 Å². The van der Waals surface area contributed by atoms with Gasteiger partial charge in [0.1, 0.15) is 0 Å². The molecule has 0 aliphatic heterocycles. The fourth-order valence-corrected chi connectivity index (χ4v) is 6.81. The number of benzene rings is 3. The minimum absolute atomic E-state index is 0.120. The van der Waals surface area contributed by atoms with Crippen LogP contribution in [0.5, 0.6) is 0 Å². The summed E-state index contributed by atoms with van der Waals surface area (Å²) in [5.74, 6) is 0. The largest absolute Gasteiger partial charge is 0.412 e. The van der Waals surface area contributed by atoms with Gasteiger partial charge in [-0.25, -0.2) is 0 Å². The van der Waals surface area contributed by atoms with Gasteiger partial charge < -0.3 is 9.16 Å². The lowest BCUT2D eigenvalue weighted by molar-refractivity contribution is 0.0117. The zero-order valence-electron chi connectivity index (χ0n) is 20.1. The molecular weight excluding hydrogens is 408 g/mol. The molecule has 32 heavy (non-hydrogen) atoms. The summed E-state index contributed by atoms with van der Waals surface area (Å²) in [6.45, 7) is 11.2. The van der Waals surface area contributed by atoms with E-state index in [1.54, 1.807) is 0 Å². The summed E-state index contributed by atoms with van der Waals surface area (Å²) in [6.07, 6.45) is 2.90. The van der Waals surface area contributed by atoms with Crippen molar-refractivity contribution in [3.63, 3.8) is 0 Å². The van der Waals surface area contributed by atoms with Gasteiger partial charge in [-0.15, -0.1) is 0 Å². The van der Waals surface area contributed by atoms with E-state index in [-0.39, 0.29) is 5.41 Å². The van der Waals surface area contributed by atoms with Gasteiger partial charge in [0.25, 0.3) is 0 Å². The second-order valence-corrected chi connectivity index (χ2v) is 13.3. The first-order valence-corrected chi connectivity index (χ1v) is 14.7. The van der Waals surface area contributed by atoms with Gasteiger partial charge in [-0.3, -0.25) is 0 Å². The van der Waals surface area contributed by atoms with Gasteiger partial charge in [-0.1, -0.05) is 91.9 Å². The van der Waals surface area contributed by atoms with Gasteiger partial charge >= 0.3 is 0 Å². The number of hydrogen-bond acceptors (Lipinski definition) is 2. The summed E-state index contributed by atoms with van der Waals surface area (Å²) in [5.41, 5.74) is 3.87. The molecule has 0 aromatic heterocycles. The third-order valence-corrected chi connectivity index (χ3v) is 8.86. The maximum atomic E-state index is 6.90. The van der Waals surface area contributed by atoms with Gasteiger partial charge in [0.2, 0.25) is 8.32 Å². The van der Waals surface area contributed by atoms with E-state index in [0.29, 0.717) is 13.2 Å². The Morgan fingerprint density at radius 2 is 1.25 bits per heavy atom. The summed E-state index contributed by atoms with van der Waals surface area (Å²) >= 11 is 0. The molecule has 3 aromatic rings. The molecule has 0 spiro atoms. The smallest absolute Gasteiger partial charge is 0.218 e. The maximum absolute atomic E-state index is 6.90. The SMILES string of the molecule is CCCOCC(CO[Si](C)(C)c1ccccc1C)(Cc1ccccc1)Cc1ccccc1. The molecule has 0 unspecified atom stereocenters. The molecule has 0 aliphatic carbocycles. The number of ether oxygens (including phenoxy) is 1. The van der Waals surface area contributed by atoms with Crippen LogP contribution in [0.1, 0.15) is 30.0 Å². The summed E-state index contributed by atoms with van der Waals surface area (Å²) in [5, 5.41) is 1.38. The topological polar surface area (TPSA) is 18.5 Å².